The molecule has 0 aromatic heterocycles. The second-order valence-electron chi connectivity index (χ2n) is 7.07. The van der Waals surface area contributed by atoms with Crippen LogP contribution in [0.3, 0.4) is 0 Å². The lowest BCUT2D eigenvalue weighted by atomic mass is 9.70. The normalized spacial score (nSPS) is 35.9. The Labute approximate surface area is 138 Å². The summed E-state index contributed by atoms with van der Waals surface area (Å²) in [6.45, 7) is 8.04. The van der Waals surface area contributed by atoms with E-state index in [9.17, 15) is 4.79 Å². The van der Waals surface area contributed by atoms with Crippen molar-refractivity contribution in [3.8, 4) is 0 Å². The molecular weight excluding hydrogens is 291 g/mol. The van der Waals surface area contributed by atoms with Gasteiger partial charge < -0.3 is 14.2 Å². The van der Waals surface area contributed by atoms with E-state index in [1.165, 1.54) is 0 Å². The molecule has 0 saturated carbocycles. The first-order valence-corrected chi connectivity index (χ1v) is 8.11. The van der Waals surface area contributed by atoms with Crippen LogP contribution in [0.4, 0.5) is 0 Å². The van der Waals surface area contributed by atoms with E-state index in [2.05, 4.69) is 0 Å². The molecule has 3 unspecified atom stereocenters. The molecule has 2 bridgehead atoms. The molecule has 2 aliphatic rings. The molecule has 0 amide bonds. The molecular formula is C18H23BO4. The molecule has 1 aromatic carbocycles. The van der Waals surface area contributed by atoms with Gasteiger partial charge in [-0.25, -0.2) is 0 Å². The molecule has 23 heavy (non-hydrogen) atoms. The van der Waals surface area contributed by atoms with Crippen molar-refractivity contribution < 1.29 is 19.0 Å². The maximum atomic E-state index is 12.6. The minimum atomic E-state index is -0.759. The lowest BCUT2D eigenvalue weighted by molar-refractivity contribution is -0.228. The SMILES string of the molecule is [B][C@@H]1O[C@]2(C(C)C(=O)OCc3ccccc3)C(C)C1OC2(C)C. The van der Waals surface area contributed by atoms with Crippen molar-refractivity contribution in [3.63, 3.8) is 0 Å². The van der Waals surface area contributed by atoms with Gasteiger partial charge in [0.15, 0.2) is 0 Å². The Balaban J connectivity index is 1.76. The fourth-order valence-electron chi connectivity index (χ4n) is 4.27. The molecule has 4 nitrogen and oxygen atoms in total. The molecule has 5 atom stereocenters. The zero-order chi connectivity index (χ0) is 16.8. The zero-order valence-electron chi connectivity index (χ0n) is 14.1. The van der Waals surface area contributed by atoms with Gasteiger partial charge in [-0.3, -0.25) is 4.79 Å². The first-order valence-electron chi connectivity index (χ1n) is 8.11. The van der Waals surface area contributed by atoms with Gasteiger partial charge in [0.25, 0.3) is 0 Å². The highest BCUT2D eigenvalue weighted by atomic mass is 16.6. The van der Waals surface area contributed by atoms with Gasteiger partial charge in [-0.1, -0.05) is 37.3 Å². The molecule has 2 fully saturated rings. The number of fused-ring (bicyclic) bond motifs is 2. The molecule has 122 valence electrons. The van der Waals surface area contributed by atoms with E-state index >= 15 is 0 Å². The van der Waals surface area contributed by atoms with E-state index in [-0.39, 0.29) is 24.6 Å². The smallest absolute Gasteiger partial charge is 0.312 e. The average Bonchev–Trinajstić information content (AvgIpc) is 2.89. The highest BCUT2D eigenvalue weighted by molar-refractivity contribution is 6.11. The van der Waals surface area contributed by atoms with Gasteiger partial charge in [0.2, 0.25) is 0 Å². The molecule has 1 aromatic rings. The highest BCUT2D eigenvalue weighted by Gasteiger charge is 2.70. The number of esters is 1. The van der Waals surface area contributed by atoms with Gasteiger partial charge in [0.05, 0.1) is 17.6 Å². The van der Waals surface area contributed by atoms with E-state index < -0.39 is 23.1 Å². The summed E-state index contributed by atoms with van der Waals surface area (Å²) in [6, 6.07) is 9.14. The van der Waals surface area contributed by atoms with Crippen molar-refractivity contribution >= 4 is 13.8 Å². The van der Waals surface area contributed by atoms with E-state index in [1.54, 1.807) is 0 Å². The predicted octanol–water partition coefficient (Wildman–Crippen LogP) is 2.44. The van der Waals surface area contributed by atoms with Crippen LogP contribution in [-0.4, -0.2) is 37.1 Å². The molecule has 2 saturated heterocycles. The molecule has 2 aliphatic heterocycles. The van der Waals surface area contributed by atoms with Crippen LogP contribution in [0.2, 0.25) is 0 Å². The predicted molar refractivity (Wildman–Crippen MR) is 86.9 cm³/mol. The maximum absolute atomic E-state index is 12.6. The fraction of sp³-hybridized carbons (Fsp3) is 0.611. The molecule has 2 heterocycles. The van der Waals surface area contributed by atoms with Crippen LogP contribution in [-0.2, 0) is 25.6 Å². The Morgan fingerprint density at radius 2 is 1.96 bits per heavy atom. The number of hydrogen-bond donors (Lipinski definition) is 0. The standard InChI is InChI=1S/C18H23BO4/c1-11-14-15(19)23-18(11,17(3,4)22-14)12(2)16(20)21-10-13-8-6-5-7-9-13/h5-9,11-12,14-15H,10H2,1-4H3/t11?,12?,14?,15-,18+/m1/s1. The third kappa shape index (κ3) is 2.41. The molecule has 0 N–H and O–H groups in total. The number of hydrogen-bond acceptors (Lipinski definition) is 4. The lowest BCUT2D eigenvalue weighted by Gasteiger charge is -2.46. The van der Waals surface area contributed by atoms with Crippen LogP contribution in [0, 0.1) is 11.8 Å². The number of carbonyl (C=O) groups is 1. The minimum Gasteiger partial charge on any atom is -0.461 e. The molecule has 2 radical (unpaired) electrons. The second-order valence-corrected chi connectivity index (χ2v) is 7.07. The first kappa shape index (κ1) is 16.5. The van der Waals surface area contributed by atoms with Crippen LogP contribution in [0.25, 0.3) is 0 Å². The van der Waals surface area contributed by atoms with Crippen LogP contribution in [0.15, 0.2) is 30.3 Å². The molecule has 0 spiro atoms. The van der Waals surface area contributed by atoms with Crippen LogP contribution in [0.1, 0.15) is 33.3 Å². The van der Waals surface area contributed by atoms with Gasteiger partial charge in [-0.15, -0.1) is 0 Å². The van der Waals surface area contributed by atoms with Gasteiger partial charge in [-0.2, -0.15) is 0 Å². The summed E-state index contributed by atoms with van der Waals surface area (Å²) < 4.78 is 17.6. The van der Waals surface area contributed by atoms with E-state index in [0.717, 1.165) is 5.56 Å². The van der Waals surface area contributed by atoms with Crippen LogP contribution < -0.4 is 0 Å². The van der Waals surface area contributed by atoms with Crippen LogP contribution >= 0.6 is 0 Å². The number of carbonyl (C=O) groups excluding carboxylic acids is 1. The highest BCUT2D eigenvalue weighted by Crippen LogP contribution is 2.57. The third-order valence-corrected chi connectivity index (χ3v) is 5.42. The maximum Gasteiger partial charge on any atom is 0.312 e. The van der Waals surface area contributed by atoms with Gasteiger partial charge in [0.1, 0.15) is 20.1 Å². The average molecular weight is 314 g/mol. The van der Waals surface area contributed by atoms with Gasteiger partial charge in [0, 0.05) is 11.9 Å². The van der Waals surface area contributed by atoms with E-state index in [1.807, 2.05) is 58.0 Å². The largest absolute Gasteiger partial charge is 0.461 e. The summed E-state index contributed by atoms with van der Waals surface area (Å²) >= 11 is 0. The van der Waals surface area contributed by atoms with Crippen molar-refractivity contribution in [1.29, 1.82) is 0 Å². The zero-order valence-corrected chi connectivity index (χ0v) is 14.1. The number of ether oxygens (including phenoxy) is 3. The summed E-state index contributed by atoms with van der Waals surface area (Å²) in [4.78, 5) is 12.6. The molecule has 0 aliphatic carbocycles. The fourth-order valence-corrected chi connectivity index (χ4v) is 4.27. The summed E-state index contributed by atoms with van der Waals surface area (Å²) in [7, 11) is 6.02. The molecule has 3 rings (SSSR count). The Hall–Kier alpha value is -1.33. The summed E-state index contributed by atoms with van der Waals surface area (Å²) in [6.07, 6.45) is -0.186. The van der Waals surface area contributed by atoms with Crippen LogP contribution in [0.5, 0.6) is 0 Å². The van der Waals surface area contributed by atoms with Crippen molar-refractivity contribution in [1.82, 2.24) is 0 Å². The monoisotopic (exact) mass is 314 g/mol. The van der Waals surface area contributed by atoms with Crippen molar-refractivity contribution in [2.24, 2.45) is 11.8 Å². The Kier molecular flexibility index (Phi) is 4.05. The second kappa shape index (κ2) is 5.64. The Morgan fingerprint density at radius 3 is 2.52 bits per heavy atom. The third-order valence-electron chi connectivity index (χ3n) is 5.42. The summed E-state index contributed by atoms with van der Waals surface area (Å²) in [5.74, 6) is -0.714. The van der Waals surface area contributed by atoms with E-state index in [0.29, 0.717) is 0 Å². The first-order chi connectivity index (χ1) is 10.8. The molecule has 5 heteroatoms. The summed E-state index contributed by atoms with van der Waals surface area (Å²) in [5, 5.41) is 0. The minimum absolute atomic E-state index is 0.0341. The quantitative estimate of drug-likeness (QED) is 0.632. The number of rotatable bonds is 4. The van der Waals surface area contributed by atoms with Gasteiger partial charge in [-0.05, 0) is 26.3 Å². The van der Waals surface area contributed by atoms with Crippen molar-refractivity contribution in [3.05, 3.63) is 35.9 Å². The summed E-state index contributed by atoms with van der Waals surface area (Å²) in [5.41, 5.74) is -0.384. The Bertz CT molecular complexity index is 588. The Morgan fingerprint density at radius 1 is 1.30 bits per heavy atom. The van der Waals surface area contributed by atoms with Crippen molar-refractivity contribution in [2.45, 2.75) is 57.6 Å². The lowest BCUT2D eigenvalue weighted by Crippen LogP contribution is -2.59. The van der Waals surface area contributed by atoms with Crippen molar-refractivity contribution in [2.75, 3.05) is 0 Å². The number of benzene rings is 1. The van der Waals surface area contributed by atoms with E-state index in [4.69, 9.17) is 22.1 Å². The topological polar surface area (TPSA) is 44.8 Å². The van der Waals surface area contributed by atoms with Gasteiger partial charge >= 0.3 is 5.97 Å².